The summed E-state index contributed by atoms with van der Waals surface area (Å²) in [7, 11) is 0. The fraction of sp³-hybridized carbons (Fsp3) is 0.188. The number of hydrogen-bond donors (Lipinski definition) is 2. The highest BCUT2D eigenvalue weighted by atomic mass is 32.1. The van der Waals surface area contributed by atoms with E-state index in [0.717, 1.165) is 0 Å². The normalized spacial score (nSPS) is 10.2. The van der Waals surface area contributed by atoms with Crippen LogP contribution in [0.5, 0.6) is 0 Å². The van der Waals surface area contributed by atoms with E-state index >= 15 is 0 Å². The van der Waals surface area contributed by atoms with E-state index in [-0.39, 0.29) is 22.9 Å². The van der Waals surface area contributed by atoms with Gasteiger partial charge in [0.15, 0.2) is 10.9 Å². The summed E-state index contributed by atoms with van der Waals surface area (Å²) in [4.78, 5) is 23.5. The van der Waals surface area contributed by atoms with Crippen LogP contribution in [0.1, 0.15) is 34.8 Å². The number of amides is 1. The lowest BCUT2D eigenvalue weighted by Gasteiger charge is -2.10. The summed E-state index contributed by atoms with van der Waals surface area (Å²) in [6.45, 7) is 3.57. The van der Waals surface area contributed by atoms with Crippen LogP contribution in [0.25, 0.3) is 0 Å². The Hall–Kier alpha value is -2.67. The maximum atomic E-state index is 11.8. The summed E-state index contributed by atoms with van der Waals surface area (Å²) in [6, 6.07) is 9.71. The average Bonchev–Trinajstić information content (AvgIpc) is 3.01. The molecule has 0 aliphatic carbocycles. The monoisotopic (exact) mass is 332 g/mol. The summed E-state index contributed by atoms with van der Waals surface area (Å²) in [5.41, 5.74) is 1.07. The van der Waals surface area contributed by atoms with Gasteiger partial charge in [-0.3, -0.25) is 10.1 Å². The first-order chi connectivity index (χ1) is 11.0. The lowest BCUT2D eigenvalue weighted by atomic mass is 10.2. The Morgan fingerprint density at radius 1 is 1.17 bits per heavy atom. The molecule has 0 aliphatic heterocycles. The van der Waals surface area contributed by atoms with Crippen LogP contribution < -0.4 is 10.6 Å². The Morgan fingerprint density at radius 2 is 1.87 bits per heavy atom. The first-order valence-corrected chi connectivity index (χ1v) is 7.33. The van der Waals surface area contributed by atoms with Crippen LogP contribution in [-0.2, 0) is 4.74 Å². The van der Waals surface area contributed by atoms with E-state index < -0.39 is 5.91 Å². The predicted octanol–water partition coefficient (Wildman–Crippen LogP) is 2.97. The zero-order valence-corrected chi connectivity index (χ0v) is 13.5. The summed E-state index contributed by atoms with van der Waals surface area (Å²) < 4.78 is 10.1. The van der Waals surface area contributed by atoms with Gasteiger partial charge in [0.1, 0.15) is 0 Å². The van der Waals surface area contributed by atoms with Crippen LogP contribution in [0.15, 0.2) is 47.1 Å². The molecule has 0 saturated heterocycles. The van der Waals surface area contributed by atoms with Crippen LogP contribution in [0.4, 0.5) is 5.69 Å². The minimum Gasteiger partial charge on any atom is -0.459 e. The molecule has 2 aromatic rings. The van der Waals surface area contributed by atoms with Crippen molar-refractivity contribution in [2.24, 2.45) is 0 Å². The van der Waals surface area contributed by atoms with Gasteiger partial charge in [0.25, 0.3) is 5.91 Å². The van der Waals surface area contributed by atoms with Crippen molar-refractivity contribution in [3.05, 3.63) is 54.0 Å². The second kappa shape index (κ2) is 7.55. The van der Waals surface area contributed by atoms with Crippen LogP contribution >= 0.6 is 12.2 Å². The summed E-state index contributed by atoms with van der Waals surface area (Å²) >= 11 is 5.05. The lowest BCUT2D eigenvalue weighted by Crippen LogP contribution is -2.33. The fourth-order valence-corrected chi connectivity index (χ4v) is 1.92. The van der Waals surface area contributed by atoms with Gasteiger partial charge in [-0.2, -0.15) is 0 Å². The second-order valence-corrected chi connectivity index (χ2v) is 5.33. The number of carbonyl (C=O) groups is 2. The molecule has 2 N–H and O–H groups in total. The molecule has 23 heavy (non-hydrogen) atoms. The van der Waals surface area contributed by atoms with Crippen molar-refractivity contribution in [1.82, 2.24) is 5.32 Å². The van der Waals surface area contributed by atoms with Crippen molar-refractivity contribution in [2.45, 2.75) is 20.0 Å². The van der Waals surface area contributed by atoms with Crippen molar-refractivity contribution in [2.75, 3.05) is 5.32 Å². The molecule has 7 heteroatoms. The Morgan fingerprint density at radius 3 is 2.43 bits per heavy atom. The number of nitrogens with one attached hydrogen (secondary N) is 2. The molecule has 1 heterocycles. The molecule has 0 saturated carbocycles. The molecular weight excluding hydrogens is 316 g/mol. The Balaban J connectivity index is 1.91. The van der Waals surface area contributed by atoms with Crippen molar-refractivity contribution in [3.63, 3.8) is 0 Å². The third-order valence-electron chi connectivity index (χ3n) is 2.69. The molecule has 0 spiro atoms. The van der Waals surface area contributed by atoms with Gasteiger partial charge in [0.05, 0.1) is 17.9 Å². The van der Waals surface area contributed by atoms with Crippen molar-refractivity contribution >= 4 is 34.9 Å². The molecule has 1 aromatic carbocycles. The standard InChI is InChI=1S/C16H16N2O4S/c1-10(2)22-15(20)11-5-7-12(8-6-11)17-16(23)18-14(19)13-4-3-9-21-13/h3-10H,1-2H3,(H2,17,18,19,23). The molecule has 0 radical (unpaired) electrons. The third-order valence-corrected chi connectivity index (χ3v) is 2.90. The summed E-state index contributed by atoms with van der Waals surface area (Å²) in [5, 5.41) is 5.47. The highest BCUT2D eigenvalue weighted by Crippen LogP contribution is 2.11. The number of esters is 1. The second-order valence-electron chi connectivity index (χ2n) is 4.92. The maximum absolute atomic E-state index is 11.8. The van der Waals surface area contributed by atoms with Gasteiger partial charge in [-0.05, 0) is 62.5 Å². The van der Waals surface area contributed by atoms with E-state index in [1.165, 1.54) is 12.3 Å². The zero-order chi connectivity index (χ0) is 16.8. The van der Waals surface area contributed by atoms with Gasteiger partial charge in [-0.15, -0.1) is 0 Å². The van der Waals surface area contributed by atoms with Crippen LogP contribution in [-0.4, -0.2) is 23.1 Å². The predicted molar refractivity (Wildman–Crippen MR) is 89.4 cm³/mol. The molecular formula is C16H16N2O4S. The van der Waals surface area contributed by atoms with E-state index in [9.17, 15) is 9.59 Å². The molecule has 0 aliphatic rings. The SMILES string of the molecule is CC(C)OC(=O)c1ccc(NC(=S)NC(=O)c2ccco2)cc1. The number of rotatable bonds is 4. The quantitative estimate of drug-likeness (QED) is 0.662. The topological polar surface area (TPSA) is 80.6 Å². The number of hydrogen-bond acceptors (Lipinski definition) is 5. The minimum atomic E-state index is -0.440. The van der Waals surface area contributed by atoms with Crippen LogP contribution in [0, 0.1) is 0 Å². The molecule has 0 atom stereocenters. The number of anilines is 1. The molecule has 6 nitrogen and oxygen atoms in total. The summed E-state index contributed by atoms with van der Waals surface area (Å²) in [5.74, 6) is -0.661. The van der Waals surface area contributed by atoms with Gasteiger partial charge >= 0.3 is 5.97 Å². The Kier molecular flexibility index (Phi) is 5.48. The molecule has 0 fully saturated rings. The van der Waals surface area contributed by atoms with Crippen LogP contribution in [0.3, 0.4) is 0 Å². The Labute approximate surface area is 138 Å². The van der Waals surface area contributed by atoms with Gasteiger partial charge < -0.3 is 14.5 Å². The van der Waals surface area contributed by atoms with Gasteiger partial charge in [-0.1, -0.05) is 0 Å². The molecule has 120 valence electrons. The van der Waals surface area contributed by atoms with Gasteiger partial charge in [0, 0.05) is 5.69 Å². The lowest BCUT2D eigenvalue weighted by molar-refractivity contribution is 0.0378. The van der Waals surface area contributed by atoms with E-state index in [1.54, 1.807) is 44.2 Å². The molecule has 0 unspecified atom stereocenters. The number of thiocarbonyl (C=S) groups is 1. The van der Waals surface area contributed by atoms with Crippen molar-refractivity contribution < 1.29 is 18.7 Å². The van der Waals surface area contributed by atoms with Crippen LogP contribution in [0.2, 0.25) is 0 Å². The number of benzene rings is 1. The molecule has 1 aromatic heterocycles. The van der Waals surface area contributed by atoms with E-state index in [4.69, 9.17) is 21.4 Å². The number of ether oxygens (including phenoxy) is 1. The number of carbonyl (C=O) groups excluding carboxylic acids is 2. The highest BCUT2D eigenvalue weighted by molar-refractivity contribution is 7.80. The zero-order valence-electron chi connectivity index (χ0n) is 12.7. The smallest absolute Gasteiger partial charge is 0.338 e. The number of furan rings is 1. The van der Waals surface area contributed by atoms with Gasteiger partial charge in [0.2, 0.25) is 0 Å². The molecule has 0 bridgehead atoms. The van der Waals surface area contributed by atoms with Gasteiger partial charge in [-0.25, -0.2) is 4.79 Å². The van der Waals surface area contributed by atoms with E-state index in [2.05, 4.69) is 10.6 Å². The summed E-state index contributed by atoms with van der Waals surface area (Å²) in [6.07, 6.45) is 1.23. The van der Waals surface area contributed by atoms with Crippen molar-refractivity contribution in [3.8, 4) is 0 Å². The first-order valence-electron chi connectivity index (χ1n) is 6.92. The first kappa shape index (κ1) is 16.7. The Bertz CT molecular complexity index is 693. The fourth-order valence-electron chi connectivity index (χ4n) is 1.71. The largest absolute Gasteiger partial charge is 0.459 e. The average molecular weight is 332 g/mol. The third kappa shape index (κ3) is 4.93. The van der Waals surface area contributed by atoms with E-state index in [0.29, 0.717) is 11.3 Å². The molecule has 2 rings (SSSR count). The molecule has 1 amide bonds. The maximum Gasteiger partial charge on any atom is 0.338 e. The highest BCUT2D eigenvalue weighted by Gasteiger charge is 2.11. The van der Waals surface area contributed by atoms with Crippen molar-refractivity contribution in [1.29, 1.82) is 0 Å². The van der Waals surface area contributed by atoms with E-state index in [1.807, 2.05) is 0 Å². The minimum absolute atomic E-state index is 0.129.